The molecule has 0 spiro atoms. The van der Waals surface area contributed by atoms with E-state index in [4.69, 9.17) is 4.74 Å². The Morgan fingerprint density at radius 3 is 2.76 bits per heavy atom. The zero-order chi connectivity index (χ0) is 15.7. The maximum absolute atomic E-state index is 5.67. The monoisotopic (exact) mass is 284 g/mol. The zero-order valence-electron chi connectivity index (χ0n) is 13.3. The van der Waals surface area contributed by atoms with E-state index < -0.39 is 0 Å². The molecule has 0 heterocycles. The van der Waals surface area contributed by atoms with Crippen LogP contribution in [0.1, 0.15) is 38.3 Å². The van der Waals surface area contributed by atoms with E-state index >= 15 is 0 Å². The van der Waals surface area contributed by atoms with Crippen molar-refractivity contribution >= 4 is 23.4 Å². The van der Waals surface area contributed by atoms with Gasteiger partial charge in [0, 0.05) is 18.3 Å². The van der Waals surface area contributed by atoms with Crippen LogP contribution in [-0.2, 0) is 4.74 Å². The summed E-state index contributed by atoms with van der Waals surface area (Å²) in [5.74, 6) is 1.67. The van der Waals surface area contributed by atoms with Crippen LogP contribution in [0.4, 0.5) is 5.69 Å². The number of ether oxygens (including phenoxy) is 1. The van der Waals surface area contributed by atoms with Gasteiger partial charge in [0.05, 0.1) is 12.1 Å². The molecular formula is C18H24N2O. The van der Waals surface area contributed by atoms with E-state index in [1.165, 1.54) is 0 Å². The van der Waals surface area contributed by atoms with Crippen molar-refractivity contribution < 1.29 is 4.74 Å². The van der Waals surface area contributed by atoms with Crippen molar-refractivity contribution in [2.24, 2.45) is 4.99 Å². The Labute approximate surface area is 127 Å². The van der Waals surface area contributed by atoms with Crippen LogP contribution in [0, 0.1) is 0 Å². The van der Waals surface area contributed by atoms with Crippen LogP contribution in [-0.4, -0.2) is 12.9 Å². The second kappa shape index (κ2) is 8.80. The lowest BCUT2D eigenvalue weighted by atomic mass is 10.1. The average molecular weight is 284 g/mol. The Bertz CT molecular complexity index is 569. The Morgan fingerprint density at radius 1 is 1.43 bits per heavy atom. The molecule has 3 nitrogen and oxygen atoms in total. The molecule has 1 aromatic carbocycles. The number of hydrogen-bond acceptors (Lipinski definition) is 2. The van der Waals surface area contributed by atoms with Crippen molar-refractivity contribution in [1.82, 2.24) is 0 Å². The van der Waals surface area contributed by atoms with Gasteiger partial charge in [-0.25, -0.2) is 0 Å². The molecule has 0 amide bonds. The minimum atomic E-state index is 0.824. The van der Waals surface area contributed by atoms with Gasteiger partial charge in [-0.2, -0.15) is 0 Å². The van der Waals surface area contributed by atoms with Gasteiger partial charge in [-0.15, -0.1) is 0 Å². The number of amidine groups is 1. The highest BCUT2D eigenvalue weighted by atomic mass is 16.5. The molecule has 112 valence electrons. The predicted molar refractivity (Wildman–Crippen MR) is 93.4 cm³/mol. The maximum Gasteiger partial charge on any atom is 0.129 e. The van der Waals surface area contributed by atoms with Gasteiger partial charge in [-0.05, 0) is 44.1 Å². The SMILES string of the molecule is C=Cc1ccc(/C(=C/C)O/C=C/CC)cc1NC(C)=NC. The molecule has 0 unspecified atom stereocenters. The number of benzene rings is 1. The molecule has 0 saturated carbocycles. The predicted octanol–water partition coefficient (Wildman–Crippen LogP) is 5.09. The highest BCUT2D eigenvalue weighted by Gasteiger charge is 2.06. The number of allylic oxidation sites excluding steroid dienone is 2. The fourth-order valence-electron chi connectivity index (χ4n) is 1.77. The smallest absolute Gasteiger partial charge is 0.129 e. The number of nitrogens with zero attached hydrogens (tertiary/aromatic N) is 1. The third-order valence-corrected chi connectivity index (χ3v) is 3.00. The standard InChI is InChI=1S/C18H24N2O/c1-6-9-12-21-18(8-3)16-11-10-15(7-2)17(13-16)20-14(4)19-5/h7-13H,2,6H2,1,3-5H3,(H,19,20)/b12-9+,18-8-. The van der Waals surface area contributed by atoms with Crippen LogP contribution in [0.2, 0.25) is 0 Å². The van der Waals surface area contributed by atoms with E-state index in [1.54, 1.807) is 13.3 Å². The Balaban J connectivity index is 3.11. The number of aliphatic imine (C=N–C) groups is 1. The lowest BCUT2D eigenvalue weighted by Gasteiger charge is -2.13. The third kappa shape index (κ3) is 4.95. The summed E-state index contributed by atoms with van der Waals surface area (Å²) in [5.41, 5.74) is 3.00. The van der Waals surface area contributed by atoms with E-state index in [2.05, 4.69) is 23.8 Å². The quantitative estimate of drug-likeness (QED) is 0.448. The van der Waals surface area contributed by atoms with Crippen LogP contribution in [0.5, 0.6) is 0 Å². The number of anilines is 1. The lowest BCUT2D eigenvalue weighted by molar-refractivity contribution is 0.434. The summed E-state index contributed by atoms with van der Waals surface area (Å²) >= 11 is 0. The first-order valence-electron chi connectivity index (χ1n) is 7.11. The van der Waals surface area contributed by atoms with Crippen molar-refractivity contribution in [2.45, 2.75) is 27.2 Å². The van der Waals surface area contributed by atoms with Gasteiger partial charge < -0.3 is 10.1 Å². The van der Waals surface area contributed by atoms with Crippen LogP contribution >= 0.6 is 0 Å². The molecule has 0 fully saturated rings. The van der Waals surface area contributed by atoms with Crippen molar-refractivity contribution in [2.75, 3.05) is 12.4 Å². The molecule has 0 aliphatic heterocycles. The van der Waals surface area contributed by atoms with Gasteiger partial charge in [0.15, 0.2) is 0 Å². The van der Waals surface area contributed by atoms with Crippen LogP contribution in [0.15, 0.2) is 48.2 Å². The normalized spacial score (nSPS) is 12.6. The van der Waals surface area contributed by atoms with E-state index in [9.17, 15) is 0 Å². The summed E-state index contributed by atoms with van der Waals surface area (Å²) in [5, 5.41) is 3.28. The number of rotatable bonds is 6. The molecule has 0 aliphatic rings. The Hall–Kier alpha value is -2.29. The van der Waals surface area contributed by atoms with Crippen LogP contribution in [0.25, 0.3) is 11.8 Å². The molecule has 0 bridgehead atoms. The summed E-state index contributed by atoms with van der Waals surface area (Å²) in [6.45, 7) is 9.80. The maximum atomic E-state index is 5.67. The fraction of sp³-hybridized carbons (Fsp3) is 0.278. The van der Waals surface area contributed by atoms with E-state index in [-0.39, 0.29) is 0 Å². The average Bonchev–Trinajstić information content (AvgIpc) is 2.51. The van der Waals surface area contributed by atoms with Crippen LogP contribution in [0.3, 0.4) is 0 Å². The van der Waals surface area contributed by atoms with E-state index in [0.717, 1.165) is 34.8 Å². The molecule has 21 heavy (non-hydrogen) atoms. The van der Waals surface area contributed by atoms with Crippen molar-refractivity contribution in [3.63, 3.8) is 0 Å². The summed E-state index contributed by atoms with van der Waals surface area (Å²) in [6.07, 6.45) is 8.43. The second-order valence-corrected chi connectivity index (χ2v) is 4.49. The highest BCUT2D eigenvalue weighted by Crippen LogP contribution is 2.24. The summed E-state index contributed by atoms with van der Waals surface area (Å²) in [6, 6.07) is 6.08. The van der Waals surface area contributed by atoms with E-state index in [0.29, 0.717) is 0 Å². The molecule has 1 rings (SSSR count). The second-order valence-electron chi connectivity index (χ2n) is 4.49. The van der Waals surface area contributed by atoms with Gasteiger partial charge in [0.1, 0.15) is 5.76 Å². The molecule has 0 atom stereocenters. The Kier molecular flexibility index (Phi) is 7.02. The highest BCUT2D eigenvalue weighted by molar-refractivity contribution is 5.95. The van der Waals surface area contributed by atoms with Crippen LogP contribution < -0.4 is 5.32 Å². The molecule has 0 radical (unpaired) electrons. The summed E-state index contributed by atoms with van der Waals surface area (Å²) in [4.78, 5) is 4.13. The summed E-state index contributed by atoms with van der Waals surface area (Å²) in [7, 11) is 1.76. The van der Waals surface area contributed by atoms with Gasteiger partial charge in [-0.3, -0.25) is 4.99 Å². The lowest BCUT2D eigenvalue weighted by Crippen LogP contribution is -2.08. The van der Waals surface area contributed by atoms with Gasteiger partial charge >= 0.3 is 0 Å². The van der Waals surface area contributed by atoms with Gasteiger partial charge in [-0.1, -0.05) is 31.7 Å². The Morgan fingerprint density at radius 2 is 2.19 bits per heavy atom. The first kappa shape index (κ1) is 16.8. The topological polar surface area (TPSA) is 33.6 Å². The minimum absolute atomic E-state index is 0.824. The minimum Gasteiger partial charge on any atom is -0.465 e. The van der Waals surface area contributed by atoms with E-state index in [1.807, 2.05) is 50.3 Å². The number of nitrogens with one attached hydrogen (secondary N) is 1. The molecule has 0 aliphatic carbocycles. The number of hydrogen-bond donors (Lipinski definition) is 1. The molecule has 0 saturated heterocycles. The van der Waals surface area contributed by atoms with Gasteiger partial charge in [0.2, 0.25) is 0 Å². The van der Waals surface area contributed by atoms with Crippen molar-refractivity contribution in [1.29, 1.82) is 0 Å². The third-order valence-electron chi connectivity index (χ3n) is 3.00. The molecule has 3 heteroatoms. The van der Waals surface area contributed by atoms with Crippen molar-refractivity contribution in [3.8, 4) is 0 Å². The van der Waals surface area contributed by atoms with Gasteiger partial charge in [0.25, 0.3) is 0 Å². The zero-order valence-corrected chi connectivity index (χ0v) is 13.3. The first-order chi connectivity index (χ1) is 10.2. The fourth-order valence-corrected chi connectivity index (χ4v) is 1.77. The first-order valence-corrected chi connectivity index (χ1v) is 7.11. The molecular weight excluding hydrogens is 260 g/mol. The molecule has 1 N–H and O–H groups in total. The largest absolute Gasteiger partial charge is 0.465 e. The summed E-state index contributed by atoms with van der Waals surface area (Å²) < 4.78 is 5.67. The molecule has 1 aromatic rings. The molecule has 0 aromatic heterocycles. The van der Waals surface area contributed by atoms with Crippen molar-refractivity contribution in [3.05, 3.63) is 54.3 Å².